The van der Waals surface area contributed by atoms with Crippen LogP contribution >= 0.6 is 0 Å². The van der Waals surface area contributed by atoms with Gasteiger partial charge in [0.15, 0.2) is 0 Å². The van der Waals surface area contributed by atoms with Gasteiger partial charge >= 0.3 is 0 Å². The number of hydrogen-bond donors (Lipinski definition) is 2. The molecule has 1 fully saturated rings. The summed E-state index contributed by atoms with van der Waals surface area (Å²) in [5.74, 6) is 0. The maximum atomic E-state index is 10.1. The molecule has 0 heterocycles. The van der Waals surface area contributed by atoms with Gasteiger partial charge in [0.2, 0.25) is 0 Å². The van der Waals surface area contributed by atoms with Crippen LogP contribution in [-0.2, 0) is 9.47 Å². The highest BCUT2D eigenvalue weighted by atomic mass is 16.5. The minimum absolute atomic E-state index is 0.189. The van der Waals surface area contributed by atoms with Crippen LogP contribution in [0.1, 0.15) is 37.4 Å². The Kier molecular flexibility index (Phi) is 5.19. The zero-order valence-corrected chi connectivity index (χ0v) is 11.4. The molecular weight excluding hydrogens is 242 g/mol. The largest absolute Gasteiger partial charge is 0.399 e. The van der Waals surface area contributed by atoms with Crippen LogP contribution in [0.4, 0.5) is 5.69 Å². The van der Waals surface area contributed by atoms with E-state index in [1.807, 2.05) is 12.1 Å². The molecule has 0 amide bonds. The van der Waals surface area contributed by atoms with E-state index < -0.39 is 6.10 Å². The lowest BCUT2D eigenvalue weighted by molar-refractivity contribution is -0.0569. The molecule has 4 heteroatoms. The van der Waals surface area contributed by atoms with Crippen molar-refractivity contribution in [1.29, 1.82) is 0 Å². The summed E-state index contributed by atoms with van der Waals surface area (Å²) in [4.78, 5) is 0. The number of aliphatic hydroxyl groups is 1. The summed E-state index contributed by atoms with van der Waals surface area (Å²) in [7, 11) is 1.74. The van der Waals surface area contributed by atoms with E-state index in [2.05, 4.69) is 0 Å². The van der Waals surface area contributed by atoms with Crippen LogP contribution < -0.4 is 5.73 Å². The van der Waals surface area contributed by atoms with Gasteiger partial charge in [0, 0.05) is 12.8 Å². The fourth-order valence-electron chi connectivity index (χ4n) is 2.56. The first-order valence-electron chi connectivity index (χ1n) is 6.87. The molecule has 0 radical (unpaired) electrons. The topological polar surface area (TPSA) is 64.7 Å². The molecule has 4 nitrogen and oxygen atoms in total. The van der Waals surface area contributed by atoms with Crippen LogP contribution in [0.15, 0.2) is 24.3 Å². The first-order valence-corrected chi connectivity index (χ1v) is 6.87. The number of nitrogen functional groups attached to an aromatic ring is 1. The van der Waals surface area contributed by atoms with Crippen LogP contribution in [0.2, 0.25) is 0 Å². The number of nitrogens with two attached hydrogens (primary N) is 1. The molecule has 0 bridgehead atoms. The van der Waals surface area contributed by atoms with Gasteiger partial charge in [-0.05, 0) is 43.4 Å². The molecule has 1 aliphatic rings. The summed E-state index contributed by atoms with van der Waals surface area (Å²) in [5.41, 5.74) is 7.17. The number of aliphatic hydroxyl groups excluding tert-OH is 1. The standard InChI is InChI=1S/C15H23NO3/c1-18-13-6-3-7-14(9-13)19-10-15(17)11-4-2-5-12(16)8-11/h2,4-5,8,13-15,17H,3,6-7,9-10,16H2,1H3. The highest BCUT2D eigenvalue weighted by Crippen LogP contribution is 2.24. The Morgan fingerprint density at radius 2 is 2.16 bits per heavy atom. The first-order chi connectivity index (χ1) is 9.19. The Bertz CT molecular complexity index is 397. The third-order valence-electron chi connectivity index (χ3n) is 3.70. The summed E-state index contributed by atoms with van der Waals surface area (Å²) >= 11 is 0. The van der Waals surface area contributed by atoms with E-state index in [1.165, 1.54) is 0 Å². The van der Waals surface area contributed by atoms with Gasteiger partial charge in [-0.2, -0.15) is 0 Å². The van der Waals surface area contributed by atoms with E-state index >= 15 is 0 Å². The molecule has 0 aliphatic heterocycles. The molecule has 3 atom stereocenters. The first kappa shape index (κ1) is 14.3. The van der Waals surface area contributed by atoms with Crippen molar-refractivity contribution in [3.05, 3.63) is 29.8 Å². The molecule has 1 aliphatic carbocycles. The number of anilines is 1. The van der Waals surface area contributed by atoms with Crippen LogP contribution in [0.25, 0.3) is 0 Å². The van der Waals surface area contributed by atoms with Gasteiger partial charge in [-0.25, -0.2) is 0 Å². The Balaban J connectivity index is 1.81. The van der Waals surface area contributed by atoms with Gasteiger partial charge in [-0.3, -0.25) is 0 Å². The monoisotopic (exact) mass is 265 g/mol. The zero-order chi connectivity index (χ0) is 13.7. The lowest BCUT2D eigenvalue weighted by Gasteiger charge is -2.29. The molecule has 0 spiro atoms. The highest BCUT2D eigenvalue weighted by molar-refractivity contribution is 5.41. The van der Waals surface area contributed by atoms with Gasteiger partial charge in [-0.1, -0.05) is 12.1 Å². The number of methoxy groups -OCH3 is 1. The molecule has 0 aromatic heterocycles. The van der Waals surface area contributed by atoms with E-state index in [0.717, 1.165) is 31.2 Å². The van der Waals surface area contributed by atoms with E-state index in [4.69, 9.17) is 15.2 Å². The van der Waals surface area contributed by atoms with Crippen LogP contribution in [0.3, 0.4) is 0 Å². The van der Waals surface area contributed by atoms with Crippen LogP contribution in [0, 0.1) is 0 Å². The minimum atomic E-state index is -0.619. The Morgan fingerprint density at radius 1 is 1.37 bits per heavy atom. The zero-order valence-electron chi connectivity index (χ0n) is 11.4. The SMILES string of the molecule is COC1CCCC(OCC(O)c2cccc(N)c2)C1. The van der Waals surface area contributed by atoms with Crippen molar-refractivity contribution >= 4 is 5.69 Å². The molecule has 3 N–H and O–H groups in total. The maximum Gasteiger partial charge on any atom is 0.102 e. The molecule has 106 valence electrons. The van der Waals surface area contributed by atoms with E-state index in [1.54, 1.807) is 19.2 Å². The molecule has 1 aromatic carbocycles. The van der Waals surface area contributed by atoms with Crippen molar-refractivity contribution in [2.45, 2.75) is 44.0 Å². The number of rotatable bonds is 5. The molecule has 2 rings (SSSR count). The third-order valence-corrected chi connectivity index (χ3v) is 3.70. The number of benzene rings is 1. The van der Waals surface area contributed by atoms with E-state index in [-0.39, 0.29) is 6.10 Å². The minimum Gasteiger partial charge on any atom is -0.399 e. The molecule has 1 saturated carbocycles. The fourth-order valence-corrected chi connectivity index (χ4v) is 2.56. The fraction of sp³-hybridized carbons (Fsp3) is 0.600. The molecule has 3 unspecified atom stereocenters. The van der Waals surface area contributed by atoms with Crippen molar-refractivity contribution in [3.8, 4) is 0 Å². The van der Waals surface area contributed by atoms with Gasteiger partial charge in [0.05, 0.1) is 18.8 Å². The molecule has 0 saturated heterocycles. The van der Waals surface area contributed by atoms with Gasteiger partial charge in [0.1, 0.15) is 6.10 Å². The van der Waals surface area contributed by atoms with Crippen LogP contribution in [0.5, 0.6) is 0 Å². The van der Waals surface area contributed by atoms with Crippen molar-refractivity contribution < 1.29 is 14.6 Å². The van der Waals surface area contributed by atoms with Crippen molar-refractivity contribution in [2.75, 3.05) is 19.5 Å². The summed E-state index contributed by atoms with van der Waals surface area (Å²) in [6.07, 6.45) is 4.05. The second kappa shape index (κ2) is 6.89. The van der Waals surface area contributed by atoms with Gasteiger partial charge in [-0.15, -0.1) is 0 Å². The molecule has 19 heavy (non-hydrogen) atoms. The highest BCUT2D eigenvalue weighted by Gasteiger charge is 2.23. The summed E-state index contributed by atoms with van der Waals surface area (Å²) in [6, 6.07) is 7.30. The lowest BCUT2D eigenvalue weighted by Crippen LogP contribution is -2.28. The second-order valence-electron chi connectivity index (χ2n) is 5.17. The van der Waals surface area contributed by atoms with Crippen molar-refractivity contribution in [3.63, 3.8) is 0 Å². The average molecular weight is 265 g/mol. The van der Waals surface area contributed by atoms with Crippen molar-refractivity contribution in [2.24, 2.45) is 0 Å². The second-order valence-corrected chi connectivity index (χ2v) is 5.17. The normalized spacial score (nSPS) is 25.2. The predicted molar refractivity (Wildman–Crippen MR) is 74.8 cm³/mol. The smallest absolute Gasteiger partial charge is 0.102 e. The van der Waals surface area contributed by atoms with Gasteiger partial charge < -0.3 is 20.3 Å². The van der Waals surface area contributed by atoms with Crippen LogP contribution in [-0.4, -0.2) is 31.0 Å². The Hall–Kier alpha value is -1.10. The van der Waals surface area contributed by atoms with E-state index in [9.17, 15) is 5.11 Å². The predicted octanol–water partition coefficient (Wildman–Crippen LogP) is 2.28. The Labute approximate surface area is 114 Å². The average Bonchev–Trinajstić information content (AvgIpc) is 2.45. The Morgan fingerprint density at radius 3 is 2.89 bits per heavy atom. The molecular formula is C15H23NO3. The summed E-state index contributed by atoms with van der Waals surface area (Å²) in [5, 5.41) is 10.1. The maximum absolute atomic E-state index is 10.1. The van der Waals surface area contributed by atoms with E-state index in [0.29, 0.717) is 18.4 Å². The lowest BCUT2D eigenvalue weighted by atomic mass is 9.95. The van der Waals surface area contributed by atoms with Gasteiger partial charge in [0.25, 0.3) is 0 Å². The van der Waals surface area contributed by atoms with Crippen molar-refractivity contribution in [1.82, 2.24) is 0 Å². The summed E-state index contributed by atoms with van der Waals surface area (Å²) in [6.45, 7) is 0.310. The quantitative estimate of drug-likeness (QED) is 0.802. The number of ether oxygens (including phenoxy) is 2. The number of hydrogen-bond acceptors (Lipinski definition) is 4. The third kappa shape index (κ3) is 4.20. The molecule has 1 aromatic rings. The summed E-state index contributed by atoms with van der Waals surface area (Å²) < 4.78 is 11.2.